The van der Waals surface area contributed by atoms with E-state index in [9.17, 15) is 9.59 Å². The van der Waals surface area contributed by atoms with Gasteiger partial charge in [0.2, 0.25) is 5.91 Å². The molecule has 1 fully saturated rings. The number of fused-ring (bicyclic) bond motifs is 6. The van der Waals surface area contributed by atoms with Crippen LogP contribution in [-0.4, -0.2) is 55.6 Å². The van der Waals surface area contributed by atoms with Gasteiger partial charge in [-0.05, 0) is 37.1 Å². The smallest absolute Gasteiger partial charge is 0.257 e. The second kappa shape index (κ2) is 7.55. The van der Waals surface area contributed by atoms with Crippen molar-refractivity contribution in [2.45, 2.75) is 32.4 Å². The number of pyridine rings is 1. The quantitative estimate of drug-likeness (QED) is 0.408. The monoisotopic (exact) mass is 446 g/mol. The van der Waals surface area contributed by atoms with Crippen LogP contribution in [0.5, 0.6) is 0 Å². The van der Waals surface area contributed by atoms with E-state index in [4.69, 9.17) is 14.7 Å². The number of ether oxygens (including phenoxy) is 1. The summed E-state index contributed by atoms with van der Waals surface area (Å²) >= 11 is 0. The Kier molecular flexibility index (Phi) is 4.50. The van der Waals surface area contributed by atoms with Gasteiger partial charge in [-0.2, -0.15) is 9.61 Å². The van der Waals surface area contributed by atoms with Gasteiger partial charge in [0.05, 0.1) is 24.8 Å². The first-order valence-electron chi connectivity index (χ1n) is 10.9. The van der Waals surface area contributed by atoms with Gasteiger partial charge in [-0.15, -0.1) is 0 Å². The Morgan fingerprint density at radius 2 is 2.12 bits per heavy atom. The zero-order chi connectivity index (χ0) is 22.5. The number of rotatable bonds is 1. The van der Waals surface area contributed by atoms with Crippen LogP contribution in [0.1, 0.15) is 35.7 Å². The molecule has 4 bridgehead atoms. The normalized spacial score (nSPS) is 19.2. The molecule has 2 aliphatic heterocycles. The molecule has 0 saturated carbocycles. The molecule has 3 N–H and O–H groups in total. The van der Waals surface area contributed by atoms with Crippen molar-refractivity contribution in [3.8, 4) is 0 Å². The molecule has 1 saturated heterocycles. The number of anilines is 3. The van der Waals surface area contributed by atoms with Crippen molar-refractivity contribution in [2.24, 2.45) is 0 Å². The van der Waals surface area contributed by atoms with Gasteiger partial charge >= 0.3 is 0 Å². The zero-order valence-electron chi connectivity index (χ0n) is 18.0. The number of nitrogens with one attached hydrogen (secondary N) is 3. The van der Waals surface area contributed by atoms with Crippen molar-refractivity contribution in [2.75, 3.05) is 23.4 Å². The number of H-pyrrole nitrogens is 1. The highest BCUT2D eigenvalue weighted by molar-refractivity contribution is 6.02. The molecule has 33 heavy (non-hydrogen) atoms. The Morgan fingerprint density at radius 1 is 1.21 bits per heavy atom. The third-order valence-corrected chi connectivity index (χ3v) is 5.88. The van der Waals surface area contributed by atoms with Gasteiger partial charge in [0.15, 0.2) is 5.65 Å². The lowest BCUT2D eigenvalue weighted by molar-refractivity contribution is -0.117. The first-order valence-corrected chi connectivity index (χ1v) is 10.9. The fourth-order valence-electron chi connectivity index (χ4n) is 4.33. The molecule has 0 aliphatic carbocycles. The van der Waals surface area contributed by atoms with E-state index < -0.39 is 0 Å². The maximum Gasteiger partial charge on any atom is 0.257 e. The second-order valence-electron chi connectivity index (χ2n) is 8.38. The lowest BCUT2D eigenvalue weighted by Gasteiger charge is -2.19. The summed E-state index contributed by atoms with van der Waals surface area (Å²) in [5, 5.41) is 11.4. The molecule has 168 valence electrons. The van der Waals surface area contributed by atoms with E-state index in [1.807, 2.05) is 25.1 Å². The molecule has 0 radical (unpaired) electrons. The second-order valence-corrected chi connectivity index (χ2v) is 8.38. The topological polar surface area (TPSA) is 130 Å². The Morgan fingerprint density at radius 3 is 2.97 bits per heavy atom. The van der Waals surface area contributed by atoms with Gasteiger partial charge in [0, 0.05) is 25.2 Å². The third-order valence-electron chi connectivity index (χ3n) is 5.88. The maximum absolute atomic E-state index is 12.9. The molecule has 1 atom stereocenters. The molecule has 4 aromatic rings. The van der Waals surface area contributed by atoms with E-state index in [0.717, 1.165) is 17.4 Å². The molecule has 1 unspecified atom stereocenters. The summed E-state index contributed by atoms with van der Waals surface area (Å²) in [5.74, 6) is 1.46. The van der Waals surface area contributed by atoms with Crippen LogP contribution in [0.25, 0.3) is 16.7 Å². The van der Waals surface area contributed by atoms with E-state index in [1.165, 1.54) is 6.20 Å². The van der Waals surface area contributed by atoms with Crippen molar-refractivity contribution in [1.82, 2.24) is 29.9 Å². The molecule has 0 spiro atoms. The molecule has 0 aromatic carbocycles. The molecule has 4 aromatic heterocycles. The predicted octanol–water partition coefficient (Wildman–Crippen LogP) is 2.12. The highest BCUT2D eigenvalue weighted by Gasteiger charge is 2.25. The summed E-state index contributed by atoms with van der Waals surface area (Å²) in [6.07, 6.45) is 4.64. The van der Waals surface area contributed by atoms with Crippen LogP contribution in [-0.2, 0) is 16.1 Å². The van der Waals surface area contributed by atoms with E-state index in [-0.39, 0.29) is 17.9 Å². The van der Waals surface area contributed by atoms with Crippen LogP contribution in [0.3, 0.4) is 0 Å². The van der Waals surface area contributed by atoms with Gasteiger partial charge in [-0.25, -0.2) is 9.97 Å². The highest BCUT2D eigenvalue weighted by atomic mass is 16.5. The number of hydrogen-bond donors (Lipinski definition) is 3. The minimum Gasteiger partial charge on any atom is -0.375 e. The molecule has 6 heterocycles. The zero-order valence-corrected chi connectivity index (χ0v) is 18.0. The fourth-order valence-corrected chi connectivity index (χ4v) is 4.33. The van der Waals surface area contributed by atoms with Gasteiger partial charge in [0.25, 0.3) is 5.91 Å². The van der Waals surface area contributed by atoms with Crippen molar-refractivity contribution >= 4 is 45.9 Å². The maximum atomic E-state index is 12.9. The molecular formula is C22H22N8O3. The van der Waals surface area contributed by atoms with Crippen LogP contribution in [0.4, 0.5) is 17.5 Å². The molecule has 2 amide bonds. The number of carbonyl (C=O) groups excluding carboxylic acids is 2. The van der Waals surface area contributed by atoms with Crippen LogP contribution in [0.15, 0.2) is 30.6 Å². The number of aromatic amines is 1. The van der Waals surface area contributed by atoms with Crippen LogP contribution >= 0.6 is 0 Å². The molecule has 2 aliphatic rings. The molecular weight excluding hydrogens is 424 g/mol. The minimum atomic E-state index is -0.269. The SMILES string of the molecule is CC1COCc2cc(nc(N3CCCC3=O)c2)Nc2nc3c(cnn3c3[nH]ccc23)C(=O)N1. The van der Waals surface area contributed by atoms with Gasteiger partial charge in [-0.1, -0.05) is 0 Å². The summed E-state index contributed by atoms with van der Waals surface area (Å²) in [6, 6.07) is 5.43. The molecule has 11 nitrogen and oxygen atoms in total. The predicted molar refractivity (Wildman–Crippen MR) is 121 cm³/mol. The average Bonchev–Trinajstić information content (AvgIpc) is 3.52. The van der Waals surface area contributed by atoms with Gasteiger partial charge < -0.3 is 20.4 Å². The van der Waals surface area contributed by atoms with E-state index in [0.29, 0.717) is 60.5 Å². The number of aromatic nitrogens is 5. The van der Waals surface area contributed by atoms with Crippen molar-refractivity contribution < 1.29 is 14.3 Å². The average molecular weight is 446 g/mol. The summed E-state index contributed by atoms with van der Waals surface area (Å²) in [4.78, 5) is 39.6. The first-order chi connectivity index (χ1) is 16.1. The lowest BCUT2D eigenvalue weighted by Crippen LogP contribution is -2.36. The van der Waals surface area contributed by atoms with E-state index >= 15 is 0 Å². The summed E-state index contributed by atoms with van der Waals surface area (Å²) < 4.78 is 7.48. The van der Waals surface area contributed by atoms with Crippen molar-refractivity contribution in [3.63, 3.8) is 0 Å². The largest absolute Gasteiger partial charge is 0.375 e. The van der Waals surface area contributed by atoms with Crippen LogP contribution < -0.4 is 15.5 Å². The van der Waals surface area contributed by atoms with Gasteiger partial charge in [-0.3, -0.25) is 14.5 Å². The number of carbonyl (C=O) groups is 2. The summed E-state index contributed by atoms with van der Waals surface area (Å²) in [6.45, 7) is 3.17. The van der Waals surface area contributed by atoms with E-state index in [2.05, 4.69) is 20.7 Å². The fraction of sp³-hybridized carbons (Fsp3) is 0.318. The Balaban J connectivity index is 1.53. The van der Waals surface area contributed by atoms with Gasteiger partial charge in [0.1, 0.15) is 28.7 Å². The van der Waals surface area contributed by atoms with Crippen molar-refractivity contribution in [1.29, 1.82) is 0 Å². The summed E-state index contributed by atoms with van der Waals surface area (Å²) in [5.41, 5.74) is 2.36. The molecule has 11 heteroatoms. The Bertz CT molecular complexity index is 1410. The minimum absolute atomic E-state index is 0.0636. The first kappa shape index (κ1) is 19.7. The van der Waals surface area contributed by atoms with Crippen LogP contribution in [0.2, 0.25) is 0 Å². The number of hydrogen-bond acceptors (Lipinski definition) is 7. The Hall–Kier alpha value is -3.99. The standard InChI is InChI=1S/C22H22N8O3/c1-12-10-33-11-13-7-16(26-17(8-13)29-6-2-3-18(29)31)27-19-14-4-5-23-20(14)30-21(28-19)15(9-24-30)22(32)25-12/h4-5,7-9,12,23H,2-3,6,10-11H2,1H3,(H,25,32)(H,26,27,28). The highest BCUT2D eigenvalue weighted by Crippen LogP contribution is 2.29. The number of nitrogens with zero attached hydrogens (tertiary/aromatic N) is 5. The van der Waals surface area contributed by atoms with E-state index in [1.54, 1.807) is 15.6 Å². The summed E-state index contributed by atoms with van der Waals surface area (Å²) in [7, 11) is 0. The third kappa shape index (κ3) is 3.37. The molecule has 6 rings (SSSR count). The number of amides is 2. The lowest BCUT2D eigenvalue weighted by atomic mass is 10.2. The van der Waals surface area contributed by atoms with Crippen molar-refractivity contribution in [3.05, 3.63) is 41.7 Å². The Labute approximate surface area is 188 Å². The van der Waals surface area contributed by atoms with Crippen LogP contribution in [0, 0.1) is 0 Å².